The second-order valence-corrected chi connectivity index (χ2v) is 12.3. The van der Waals surface area contributed by atoms with Gasteiger partial charge in [0.25, 0.3) is 0 Å². The van der Waals surface area contributed by atoms with Crippen molar-refractivity contribution in [3.63, 3.8) is 0 Å². The van der Waals surface area contributed by atoms with Gasteiger partial charge in [-0.2, -0.15) is 0 Å². The van der Waals surface area contributed by atoms with Gasteiger partial charge in [-0.05, 0) is 77.2 Å². The monoisotopic (exact) mass is 634 g/mol. The number of furan rings is 2. The molecule has 2 N–H and O–H groups in total. The summed E-state index contributed by atoms with van der Waals surface area (Å²) in [4.78, 5) is 4.56. The zero-order chi connectivity index (χ0) is 33.2. The van der Waals surface area contributed by atoms with E-state index in [0.29, 0.717) is 12.4 Å². The van der Waals surface area contributed by atoms with Gasteiger partial charge in [-0.15, -0.1) is 0 Å². The van der Waals surface area contributed by atoms with Crippen LogP contribution in [0.1, 0.15) is 16.7 Å². The van der Waals surface area contributed by atoms with Gasteiger partial charge in [0, 0.05) is 27.1 Å². The van der Waals surface area contributed by atoms with Crippen molar-refractivity contribution in [2.75, 3.05) is 0 Å². The first-order valence-electron chi connectivity index (χ1n) is 16.4. The Morgan fingerprint density at radius 2 is 0.980 bits per heavy atom. The van der Waals surface area contributed by atoms with Crippen molar-refractivity contribution in [2.24, 2.45) is 10.7 Å². The third kappa shape index (κ3) is 6.20. The van der Waals surface area contributed by atoms with E-state index in [1.807, 2.05) is 66.7 Å². The number of amidine groups is 1. The molecular formula is C45H34N2O2. The number of aryl methyl sites for hydroxylation is 1. The molecule has 4 heteroatoms. The lowest BCUT2D eigenvalue weighted by Gasteiger charge is -2.06. The van der Waals surface area contributed by atoms with E-state index in [1.165, 1.54) is 27.5 Å². The molecule has 0 saturated carbocycles. The number of nitrogens with two attached hydrogens (primary N) is 1. The quantitative estimate of drug-likeness (QED) is 0.151. The maximum Gasteiger partial charge on any atom is 0.135 e. The molecule has 0 fully saturated rings. The summed E-state index contributed by atoms with van der Waals surface area (Å²) in [6.07, 6.45) is 0. The van der Waals surface area contributed by atoms with Gasteiger partial charge < -0.3 is 14.6 Å². The predicted octanol–water partition coefficient (Wildman–Crippen LogP) is 11.7. The fourth-order valence-electron chi connectivity index (χ4n) is 6.36. The van der Waals surface area contributed by atoms with Crippen LogP contribution in [0.3, 0.4) is 0 Å². The molecule has 2 heterocycles. The smallest absolute Gasteiger partial charge is 0.135 e. The first-order valence-corrected chi connectivity index (χ1v) is 16.4. The van der Waals surface area contributed by atoms with Gasteiger partial charge in [-0.1, -0.05) is 127 Å². The van der Waals surface area contributed by atoms with Gasteiger partial charge in [0.2, 0.25) is 0 Å². The van der Waals surface area contributed by atoms with E-state index in [4.69, 9.17) is 14.6 Å². The molecule has 9 rings (SSSR count). The maximum atomic E-state index is 6.13. The van der Waals surface area contributed by atoms with Crippen LogP contribution < -0.4 is 5.73 Å². The molecule has 0 atom stereocenters. The summed E-state index contributed by atoms with van der Waals surface area (Å²) in [7, 11) is 0. The van der Waals surface area contributed by atoms with E-state index >= 15 is 0 Å². The van der Waals surface area contributed by atoms with Crippen molar-refractivity contribution in [3.8, 4) is 22.3 Å². The molecule has 0 bridgehead atoms. The third-order valence-corrected chi connectivity index (χ3v) is 8.87. The number of hydrogen-bond donors (Lipinski definition) is 1. The molecule has 0 aliphatic carbocycles. The molecule has 49 heavy (non-hydrogen) atoms. The molecule has 236 valence electrons. The van der Waals surface area contributed by atoms with Gasteiger partial charge in [0.15, 0.2) is 0 Å². The fraction of sp³-hybridized carbons (Fsp3) is 0.0444. The number of nitrogens with zero attached hydrogens (tertiary/aromatic N) is 1. The van der Waals surface area contributed by atoms with Crippen molar-refractivity contribution >= 4 is 49.7 Å². The first-order chi connectivity index (χ1) is 24.1. The molecule has 7 aromatic carbocycles. The highest BCUT2D eigenvalue weighted by Gasteiger charge is 2.10. The molecule has 0 saturated heterocycles. The Hall–Kier alpha value is -6.39. The third-order valence-electron chi connectivity index (χ3n) is 8.87. The summed E-state index contributed by atoms with van der Waals surface area (Å²) >= 11 is 0. The van der Waals surface area contributed by atoms with Crippen LogP contribution in [0.4, 0.5) is 0 Å². The van der Waals surface area contributed by atoms with Gasteiger partial charge >= 0.3 is 0 Å². The second kappa shape index (κ2) is 13.0. The Labute approximate surface area is 284 Å². The number of rotatable bonds is 5. The Bertz CT molecular complexity index is 2610. The highest BCUT2D eigenvalue weighted by molar-refractivity contribution is 6.07. The van der Waals surface area contributed by atoms with Crippen LogP contribution in [0.15, 0.2) is 178 Å². The van der Waals surface area contributed by atoms with E-state index in [2.05, 4.69) is 109 Å². The minimum atomic E-state index is 0.547. The van der Waals surface area contributed by atoms with E-state index in [9.17, 15) is 0 Å². The zero-order valence-electron chi connectivity index (χ0n) is 27.1. The standard InChI is InChI=1S/C26H20N2O.C19H14O/c27-26(19-8-2-1-3-9-19)28-17-18-7-6-10-20(15-18)21-13-14-25-23(16-21)22-11-4-5-12-24(22)29-25;1-13-5-4-6-14(11-13)15-9-10-19-17(12-15)16-7-2-3-8-18(16)20-19/h1-16H,17H2,(H2,27,28);2-12H,1H3. The normalized spacial score (nSPS) is 11.7. The van der Waals surface area contributed by atoms with E-state index in [1.54, 1.807) is 0 Å². The minimum Gasteiger partial charge on any atom is -0.456 e. The van der Waals surface area contributed by atoms with Crippen LogP contribution in [-0.4, -0.2) is 5.84 Å². The molecule has 2 aromatic heterocycles. The molecule has 0 aliphatic heterocycles. The number of fused-ring (bicyclic) bond motifs is 6. The molecule has 0 unspecified atom stereocenters. The largest absolute Gasteiger partial charge is 0.456 e. The van der Waals surface area contributed by atoms with Gasteiger partial charge in [0.1, 0.15) is 28.2 Å². The predicted molar refractivity (Wildman–Crippen MR) is 204 cm³/mol. The zero-order valence-corrected chi connectivity index (χ0v) is 27.1. The van der Waals surface area contributed by atoms with Crippen LogP contribution in [0.2, 0.25) is 0 Å². The highest BCUT2D eigenvalue weighted by Crippen LogP contribution is 2.34. The average Bonchev–Trinajstić information content (AvgIpc) is 3.72. The molecule has 0 radical (unpaired) electrons. The summed E-state index contributed by atoms with van der Waals surface area (Å²) in [5.41, 5.74) is 18.0. The topological polar surface area (TPSA) is 64.7 Å². The molecule has 4 nitrogen and oxygen atoms in total. The van der Waals surface area contributed by atoms with Crippen LogP contribution >= 0.6 is 0 Å². The van der Waals surface area contributed by atoms with Crippen LogP contribution in [0, 0.1) is 6.92 Å². The van der Waals surface area contributed by atoms with Gasteiger partial charge in [-0.3, -0.25) is 4.99 Å². The van der Waals surface area contributed by atoms with Gasteiger partial charge in [-0.25, -0.2) is 0 Å². The van der Waals surface area contributed by atoms with Crippen molar-refractivity contribution in [1.29, 1.82) is 0 Å². The maximum absolute atomic E-state index is 6.13. The van der Waals surface area contributed by atoms with Crippen molar-refractivity contribution in [3.05, 3.63) is 180 Å². The number of para-hydroxylation sites is 2. The lowest BCUT2D eigenvalue weighted by atomic mass is 10.0. The Balaban J connectivity index is 0.000000152. The van der Waals surface area contributed by atoms with Crippen molar-refractivity contribution in [2.45, 2.75) is 13.5 Å². The average molecular weight is 635 g/mol. The molecule has 0 aliphatic rings. The first kappa shape index (κ1) is 30.0. The lowest BCUT2D eigenvalue weighted by Crippen LogP contribution is -2.13. The van der Waals surface area contributed by atoms with Crippen molar-refractivity contribution in [1.82, 2.24) is 0 Å². The van der Waals surface area contributed by atoms with E-state index in [-0.39, 0.29) is 0 Å². The second-order valence-electron chi connectivity index (χ2n) is 12.3. The molecular weight excluding hydrogens is 601 g/mol. The highest BCUT2D eigenvalue weighted by atomic mass is 16.3. The number of hydrogen-bond acceptors (Lipinski definition) is 3. The van der Waals surface area contributed by atoms with Gasteiger partial charge in [0.05, 0.1) is 6.54 Å². The molecule has 0 spiro atoms. The summed E-state index contributed by atoms with van der Waals surface area (Å²) in [6.45, 7) is 2.67. The number of aliphatic imine (C=N–C) groups is 1. The summed E-state index contributed by atoms with van der Waals surface area (Å²) in [6, 6.07) is 55.9. The lowest BCUT2D eigenvalue weighted by molar-refractivity contribution is 0.668. The van der Waals surface area contributed by atoms with Crippen LogP contribution in [0.5, 0.6) is 0 Å². The Morgan fingerprint density at radius 1 is 0.469 bits per heavy atom. The van der Waals surface area contributed by atoms with Crippen LogP contribution in [-0.2, 0) is 6.54 Å². The fourth-order valence-corrected chi connectivity index (χ4v) is 6.36. The molecule has 9 aromatic rings. The van der Waals surface area contributed by atoms with E-state index in [0.717, 1.165) is 55.4 Å². The summed E-state index contributed by atoms with van der Waals surface area (Å²) in [5.74, 6) is 0.558. The molecule has 0 amide bonds. The Kier molecular flexibility index (Phi) is 7.96. The SMILES string of the molecule is Cc1cccc(-c2ccc3oc4ccccc4c3c2)c1.NC(=NCc1cccc(-c2ccc3oc4ccccc4c3c2)c1)c1ccccc1. The minimum absolute atomic E-state index is 0.547. The van der Waals surface area contributed by atoms with E-state index < -0.39 is 0 Å². The summed E-state index contributed by atoms with van der Waals surface area (Å²) in [5, 5.41) is 4.63. The van der Waals surface area contributed by atoms with Crippen LogP contribution in [0.25, 0.3) is 66.1 Å². The Morgan fingerprint density at radius 3 is 1.59 bits per heavy atom. The summed E-state index contributed by atoms with van der Waals surface area (Å²) < 4.78 is 11.8. The van der Waals surface area contributed by atoms with Crippen molar-refractivity contribution < 1.29 is 8.83 Å². The number of benzene rings is 7.